The van der Waals surface area contributed by atoms with Crippen molar-refractivity contribution in [2.75, 3.05) is 35.5 Å². The number of phenols is 1. The molecule has 38 heavy (non-hydrogen) atoms. The number of imide groups is 1. The van der Waals surface area contributed by atoms with Gasteiger partial charge in [-0.1, -0.05) is 24.3 Å². The van der Waals surface area contributed by atoms with Crippen LogP contribution in [-0.4, -0.2) is 53.0 Å². The summed E-state index contributed by atoms with van der Waals surface area (Å²) in [5.74, 6) is 1.49. The number of hydrogen-bond donors (Lipinski definition) is 2. The molecule has 0 unspecified atom stereocenters. The van der Waals surface area contributed by atoms with Crippen LogP contribution in [0.15, 0.2) is 54.6 Å². The van der Waals surface area contributed by atoms with Crippen molar-refractivity contribution in [3.63, 3.8) is 0 Å². The van der Waals surface area contributed by atoms with Crippen molar-refractivity contribution < 1.29 is 38.4 Å². The van der Waals surface area contributed by atoms with Crippen molar-refractivity contribution in [1.29, 1.82) is 0 Å². The summed E-state index contributed by atoms with van der Waals surface area (Å²) in [6.45, 7) is 0. The number of ether oxygens (including phenoxy) is 5. The van der Waals surface area contributed by atoms with Gasteiger partial charge in [-0.15, -0.1) is 0 Å². The molecule has 0 saturated carbocycles. The molecule has 0 aliphatic heterocycles. The molecule has 2 N–H and O–H groups in total. The molecule has 9 heteroatoms. The number of amides is 2. The molecule has 0 saturated heterocycles. The van der Waals surface area contributed by atoms with Gasteiger partial charge < -0.3 is 28.8 Å². The Morgan fingerprint density at radius 3 is 1.84 bits per heavy atom. The summed E-state index contributed by atoms with van der Waals surface area (Å²) in [7, 11) is 7.56. The predicted octanol–water partition coefficient (Wildman–Crippen LogP) is 4.31. The van der Waals surface area contributed by atoms with Crippen LogP contribution in [0.25, 0.3) is 17.7 Å². The normalized spacial score (nSPS) is 11.1. The van der Waals surface area contributed by atoms with Gasteiger partial charge in [-0.3, -0.25) is 14.9 Å². The third-order valence-electron chi connectivity index (χ3n) is 5.62. The fraction of sp³-hybridized carbons (Fsp3) is 0.172. The van der Waals surface area contributed by atoms with Crippen LogP contribution in [0.3, 0.4) is 0 Å². The van der Waals surface area contributed by atoms with Crippen LogP contribution in [0.4, 0.5) is 0 Å². The summed E-state index contributed by atoms with van der Waals surface area (Å²) in [5.41, 5.74) is 2.86. The van der Waals surface area contributed by atoms with Gasteiger partial charge in [0.05, 0.1) is 35.5 Å². The highest BCUT2D eigenvalue weighted by Crippen LogP contribution is 2.41. The molecule has 0 atom stereocenters. The molecule has 0 spiro atoms. The first-order valence-corrected chi connectivity index (χ1v) is 11.4. The molecule has 0 radical (unpaired) electrons. The Morgan fingerprint density at radius 2 is 1.34 bits per heavy atom. The quantitative estimate of drug-likeness (QED) is 0.219. The molecular weight excluding hydrogens is 490 g/mol. The van der Waals surface area contributed by atoms with Crippen LogP contribution in [-0.2, 0) is 9.59 Å². The van der Waals surface area contributed by atoms with Gasteiger partial charge >= 0.3 is 0 Å². The Balaban J connectivity index is 2.15. The first-order chi connectivity index (χ1) is 18.4. The maximum atomic E-state index is 12.4. The average Bonchev–Trinajstić information content (AvgIpc) is 2.94. The number of carbonyl (C=O) groups is 2. The standard InChI is InChI=1S/C29H29NO8/c1-34-21-10-8-20(9-11-21)22(16-27(33)30-17-31)23-12-18(13-24(32)28(23)37-4)6-7-19-14-25(35-2)29(38-5)26(15-19)36-3/h6-17,32H,1-5H3,(H,30,31,33)/b7-6+,22-16+. The Hall–Kier alpha value is -4.92. The van der Waals surface area contributed by atoms with Gasteiger partial charge in [-0.05, 0) is 58.7 Å². The number of nitrogens with one attached hydrogen (secondary N) is 1. The second kappa shape index (κ2) is 12.9. The maximum Gasteiger partial charge on any atom is 0.250 e. The third-order valence-corrected chi connectivity index (χ3v) is 5.62. The lowest BCUT2D eigenvalue weighted by Gasteiger charge is -2.16. The van der Waals surface area contributed by atoms with E-state index in [9.17, 15) is 14.7 Å². The zero-order chi connectivity index (χ0) is 27.7. The molecule has 198 valence electrons. The molecule has 0 aliphatic rings. The van der Waals surface area contributed by atoms with Gasteiger partial charge in [0.2, 0.25) is 12.2 Å². The van der Waals surface area contributed by atoms with Gasteiger partial charge in [0.25, 0.3) is 5.91 Å². The smallest absolute Gasteiger partial charge is 0.250 e. The lowest BCUT2D eigenvalue weighted by molar-refractivity contribution is -0.121. The largest absolute Gasteiger partial charge is 0.504 e. The monoisotopic (exact) mass is 519 g/mol. The van der Waals surface area contributed by atoms with E-state index in [1.54, 1.807) is 55.7 Å². The molecule has 0 aliphatic carbocycles. The van der Waals surface area contributed by atoms with E-state index >= 15 is 0 Å². The Bertz CT molecular complexity index is 1330. The highest BCUT2D eigenvalue weighted by Gasteiger charge is 2.18. The summed E-state index contributed by atoms with van der Waals surface area (Å²) in [4.78, 5) is 23.2. The molecule has 3 aromatic rings. The molecule has 0 aromatic heterocycles. The fourth-order valence-corrected chi connectivity index (χ4v) is 3.85. The average molecular weight is 520 g/mol. The lowest BCUT2D eigenvalue weighted by atomic mass is 9.94. The van der Waals surface area contributed by atoms with Crippen molar-refractivity contribution in [3.8, 4) is 34.5 Å². The lowest BCUT2D eigenvalue weighted by Crippen LogP contribution is -2.19. The van der Waals surface area contributed by atoms with Gasteiger partial charge in [-0.25, -0.2) is 0 Å². The topological polar surface area (TPSA) is 113 Å². The van der Waals surface area contributed by atoms with E-state index in [1.807, 2.05) is 6.08 Å². The van der Waals surface area contributed by atoms with Crippen molar-refractivity contribution in [3.05, 3.63) is 76.9 Å². The first kappa shape index (κ1) is 27.7. The van der Waals surface area contributed by atoms with E-state index in [1.165, 1.54) is 40.6 Å². The highest BCUT2D eigenvalue weighted by atomic mass is 16.5. The van der Waals surface area contributed by atoms with Gasteiger partial charge in [0.1, 0.15) is 5.75 Å². The van der Waals surface area contributed by atoms with Crippen molar-refractivity contribution in [2.45, 2.75) is 0 Å². The second-order valence-electron chi connectivity index (χ2n) is 7.83. The maximum absolute atomic E-state index is 12.4. The van der Waals surface area contributed by atoms with E-state index < -0.39 is 5.91 Å². The van der Waals surface area contributed by atoms with Crippen LogP contribution in [0.1, 0.15) is 22.3 Å². The summed E-state index contributed by atoms with van der Waals surface area (Å²) in [6.07, 6.45) is 5.15. The molecule has 3 rings (SSSR count). The van der Waals surface area contributed by atoms with Crippen LogP contribution in [0, 0.1) is 0 Å². The predicted molar refractivity (Wildman–Crippen MR) is 144 cm³/mol. The van der Waals surface area contributed by atoms with Crippen molar-refractivity contribution in [1.82, 2.24) is 5.32 Å². The minimum atomic E-state index is -0.634. The van der Waals surface area contributed by atoms with Crippen molar-refractivity contribution in [2.24, 2.45) is 0 Å². The van der Waals surface area contributed by atoms with E-state index in [0.717, 1.165) is 5.56 Å². The van der Waals surface area contributed by atoms with E-state index in [2.05, 4.69) is 5.32 Å². The van der Waals surface area contributed by atoms with Gasteiger partial charge in [0, 0.05) is 11.6 Å². The molecular formula is C29H29NO8. The summed E-state index contributed by atoms with van der Waals surface area (Å²) >= 11 is 0. The highest BCUT2D eigenvalue weighted by molar-refractivity contribution is 6.03. The van der Waals surface area contributed by atoms with Crippen LogP contribution in [0.2, 0.25) is 0 Å². The SMILES string of the molecule is COc1ccc(/C(=C\C(=O)NC=O)c2cc(/C=C/c3cc(OC)c(OC)c(OC)c3)cc(O)c2OC)cc1. The molecule has 0 bridgehead atoms. The Kier molecular flexibility index (Phi) is 9.37. The zero-order valence-electron chi connectivity index (χ0n) is 21.7. The third kappa shape index (κ3) is 6.25. The number of methoxy groups -OCH3 is 5. The second-order valence-corrected chi connectivity index (χ2v) is 7.83. The number of aromatic hydroxyl groups is 1. The molecule has 0 heterocycles. The number of benzene rings is 3. The fourth-order valence-electron chi connectivity index (χ4n) is 3.85. The number of hydrogen-bond acceptors (Lipinski definition) is 8. The number of rotatable bonds is 11. The number of carbonyl (C=O) groups excluding carboxylic acids is 2. The summed E-state index contributed by atoms with van der Waals surface area (Å²) in [6, 6.07) is 13.9. The molecule has 0 fully saturated rings. The summed E-state index contributed by atoms with van der Waals surface area (Å²) < 4.78 is 26.9. The van der Waals surface area contributed by atoms with Gasteiger partial charge in [0.15, 0.2) is 23.0 Å². The Morgan fingerprint density at radius 1 is 0.763 bits per heavy atom. The first-order valence-electron chi connectivity index (χ1n) is 11.4. The van der Waals surface area contributed by atoms with Crippen molar-refractivity contribution >= 4 is 30.0 Å². The summed E-state index contributed by atoms with van der Waals surface area (Å²) in [5, 5.41) is 12.9. The van der Waals surface area contributed by atoms with Gasteiger partial charge in [-0.2, -0.15) is 0 Å². The molecule has 9 nitrogen and oxygen atoms in total. The zero-order valence-corrected chi connectivity index (χ0v) is 21.7. The molecule has 3 aromatic carbocycles. The van der Waals surface area contributed by atoms with E-state index in [-0.39, 0.29) is 11.5 Å². The van der Waals surface area contributed by atoms with Crippen LogP contribution >= 0.6 is 0 Å². The van der Waals surface area contributed by atoms with E-state index in [4.69, 9.17) is 23.7 Å². The minimum Gasteiger partial charge on any atom is -0.504 e. The minimum absolute atomic E-state index is 0.134. The Labute approximate surface area is 220 Å². The molecule has 2 amide bonds. The van der Waals surface area contributed by atoms with Crippen LogP contribution < -0.4 is 29.0 Å². The van der Waals surface area contributed by atoms with Crippen LogP contribution in [0.5, 0.6) is 34.5 Å². The van der Waals surface area contributed by atoms with E-state index in [0.29, 0.717) is 51.7 Å². The number of phenolic OH excluding ortho intramolecular Hbond substituents is 1.